The molecule has 1 aliphatic heterocycles. The fraction of sp³-hybridized carbons (Fsp3) is 0.667. The number of halogens is 3. The number of fused-ring (bicyclic) bond motifs is 1. The Morgan fingerprint density at radius 2 is 1.81 bits per heavy atom. The van der Waals surface area contributed by atoms with E-state index in [0.717, 1.165) is 37.1 Å². The zero-order chi connectivity index (χ0) is 23.1. The largest absolute Gasteiger partial charge is 0.416 e. The highest BCUT2D eigenvalue weighted by Gasteiger charge is 2.48. The quantitative estimate of drug-likeness (QED) is 0.706. The van der Waals surface area contributed by atoms with Crippen LogP contribution in [0.25, 0.3) is 0 Å². The second-order valence-electron chi connectivity index (χ2n) is 9.10. The average molecular weight is 462 g/mol. The van der Waals surface area contributed by atoms with Gasteiger partial charge in [0.15, 0.2) is 0 Å². The van der Waals surface area contributed by atoms with Crippen LogP contribution in [0.4, 0.5) is 13.2 Å². The number of sulfonamides is 1. The smallest absolute Gasteiger partial charge is 0.341 e. The van der Waals surface area contributed by atoms with Crippen molar-refractivity contribution >= 4 is 15.9 Å². The molecule has 0 unspecified atom stereocenters. The fourth-order valence-electron chi connectivity index (χ4n) is 4.87. The highest BCUT2D eigenvalue weighted by molar-refractivity contribution is 7.89. The number of amides is 1. The number of nitrogens with zero attached hydrogens (tertiary/aromatic N) is 2. The van der Waals surface area contributed by atoms with E-state index in [-0.39, 0.29) is 35.2 Å². The van der Waals surface area contributed by atoms with Crippen LogP contribution in [0.5, 0.6) is 0 Å². The lowest BCUT2D eigenvalue weighted by Gasteiger charge is -2.32. The molecule has 2 aliphatic rings. The first-order chi connectivity index (χ1) is 14.3. The van der Waals surface area contributed by atoms with Crippen LogP contribution in [0.1, 0.15) is 38.7 Å². The third kappa shape index (κ3) is 4.90. The molecule has 6 nitrogen and oxygen atoms in total. The molecule has 0 bridgehead atoms. The molecule has 174 valence electrons. The molecule has 1 aromatic rings. The van der Waals surface area contributed by atoms with E-state index in [9.17, 15) is 26.4 Å². The minimum atomic E-state index is -4.52. The summed E-state index contributed by atoms with van der Waals surface area (Å²) in [6, 6.07) is 2.90. The van der Waals surface area contributed by atoms with Crippen molar-refractivity contribution in [2.75, 3.05) is 20.1 Å². The monoisotopic (exact) mass is 461 g/mol. The van der Waals surface area contributed by atoms with Gasteiger partial charge in [-0.25, -0.2) is 8.42 Å². The summed E-state index contributed by atoms with van der Waals surface area (Å²) in [6.45, 7) is 4.56. The number of likely N-dealkylation sites (N-methyl/N-ethyl adjacent to an activating group) is 1. The number of hydrogen-bond donors (Lipinski definition) is 1. The summed E-state index contributed by atoms with van der Waals surface area (Å²) in [7, 11) is -2.18. The second-order valence-corrected chi connectivity index (χ2v) is 11.0. The molecule has 1 heterocycles. The Hall–Kier alpha value is -1.65. The minimum Gasteiger partial charge on any atom is -0.341 e. The van der Waals surface area contributed by atoms with Gasteiger partial charge in [0.2, 0.25) is 15.9 Å². The maximum absolute atomic E-state index is 13.0. The predicted molar refractivity (Wildman–Crippen MR) is 110 cm³/mol. The van der Waals surface area contributed by atoms with Crippen molar-refractivity contribution in [2.45, 2.75) is 56.3 Å². The van der Waals surface area contributed by atoms with Crippen molar-refractivity contribution < 1.29 is 26.4 Å². The lowest BCUT2D eigenvalue weighted by Crippen LogP contribution is -2.49. The summed E-state index contributed by atoms with van der Waals surface area (Å²) in [5.41, 5.74) is 5.18. The lowest BCUT2D eigenvalue weighted by molar-refractivity contribution is -0.137. The van der Waals surface area contributed by atoms with Crippen molar-refractivity contribution in [1.29, 1.82) is 0 Å². The fourth-order valence-corrected chi connectivity index (χ4v) is 6.41. The van der Waals surface area contributed by atoms with Gasteiger partial charge in [-0.05, 0) is 61.3 Å². The number of carbonyl (C=O) groups excluding carboxylic acids is 1. The van der Waals surface area contributed by atoms with E-state index in [1.807, 2.05) is 13.8 Å². The normalized spacial score (nSPS) is 25.6. The zero-order valence-corrected chi connectivity index (χ0v) is 18.8. The molecule has 1 saturated carbocycles. The number of benzene rings is 1. The molecule has 10 heteroatoms. The highest BCUT2D eigenvalue weighted by Crippen LogP contribution is 2.42. The molecule has 2 N–H and O–H groups in total. The standard InChI is InChI=1S/C21H30F3N3O3S/c1-13(2)10-18(25)20(28)26(3)19-9-4-14-11-27(12-17(14)19)31(29,30)16-7-5-15(6-8-16)21(22,23)24/h5-8,13-14,17-19H,4,9-12,25H2,1-3H3/t14-,17+,18+,19-/m1/s1. The molecule has 1 aliphatic carbocycles. The van der Waals surface area contributed by atoms with Crippen molar-refractivity contribution in [3.05, 3.63) is 29.8 Å². The number of rotatable bonds is 6. The number of alkyl halides is 3. The number of carbonyl (C=O) groups is 1. The summed E-state index contributed by atoms with van der Waals surface area (Å²) in [6.07, 6.45) is -2.35. The number of nitrogens with two attached hydrogens (primary N) is 1. The van der Waals surface area contributed by atoms with E-state index < -0.39 is 27.8 Å². The van der Waals surface area contributed by atoms with E-state index in [1.54, 1.807) is 11.9 Å². The Morgan fingerprint density at radius 3 is 2.35 bits per heavy atom. The second kappa shape index (κ2) is 8.71. The maximum Gasteiger partial charge on any atom is 0.416 e. The molecule has 1 amide bonds. The van der Waals surface area contributed by atoms with Crippen LogP contribution in [0.2, 0.25) is 0 Å². The van der Waals surface area contributed by atoms with Gasteiger partial charge in [-0.1, -0.05) is 13.8 Å². The molecule has 1 aromatic carbocycles. The Kier molecular flexibility index (Phi) is 6.74. The van der Waals surface area contributed by atoms with Gasteiger partial charge >= 0.3 is 6.18 Å². The van der Waals surface area contributed by atoms with Crippen molar-refractivity contribution in [2.24, 2.45) is 23.5 Å². The van der Waals surface area contributed by atoms with Gasteiger partial charge < -0.3 is 10.6 Å². The molecule has 2 fully saturated rings. The van der Waals surface area contributed by atoms with Crippen molar-refractivity contribution in [1.82, 2.24) is 9.21 Å². The summed E-state index contributed by atoms with van der Waals surface area (Å²) >= 11 is 0. The molecule has 0 radical (unpaired) electrons. The zero-order valence-electron chi connectivity index (χ0n) is 18.0. The predicted octanol–water partition coefficient (Wildman–Crippen LogP) is 2.94. The first-order valence-corrected chi connectivity index (χ1v) is 12.0. The minimum absolute atomic E-state index is 0.00979. The molecular weight excluding hydrogens is 431 g/mol. The van der Waals surface area contributed by atoms with Gasteiger partial charge in [-0.3, -0.25) is 4.79 Å². The Balaban J connectivity index is 1.72. The van der Waals surface area contributed by atoms with Crippen molar-refractivity contribution in [3.8, 4) is 0 Å². The molecule has 4 atom stereocenters. The average Bonchev–Trinajstić information content (AvgIpc) is 3.27. The van der Waals surface area contributed by atoms with E-state index >= 15 is 0 Å². The maximum atomic E-state index is 13.0. The first kappa shape index (κ1) is 24.0. The summed E-state index contributed by atoms with van der Waals surface area (Å²) in [4.78, 5) is 14.3. The summed E-state index contributed by atoms with van der Waals surface area (Å²) < 4.78 is 65.7. The van der Waals surface area contributed by atoms with Gasteiger partial charge in [0.05, 0.1) is 16.5 Å². The van der Waals surface area contributed by atoms with Gasteiger partial charge in [0.1, 0.15) is 0 Å². The Morgan fingerprint density at radius 1 is 1.19 bits per heavy atom. The molecule has 0 aromatic heterocycles. The van der Waals surface area contributed by atoms with E-state index in [4.69, 9.17) is 5.73 Å². The highest BCUT2D eigenvalue weighted by atomic mass is 32.2. The van der Waals surface area contributed by atoms with Gasteiger partial charge in [-0.2, -0.15) is 17.5 Å². The molecule has 31 heavy (non-hydrogen) atoms. The molecule has 0 spiro atoms. The number of hydrogen-bond acceptors (Lipinski definition) is 4. The van der Waals surface area contributed by atoms with Gasteiger partial charge in [0, 0.05) is 26.2 Å². The van der Waals surface area contributed by atoms with Crippen LogP contribution in [0, 0.1) is 17.8 Å². The van der Waals surface area contributed by atoms with Crippen LogP contribution < -0.4 is 5.73 Å². The van der Waals surface area contributed by atoms with Crippen LogP contribution in [0.15, 0.2) is 29.2 Å². The first-order valence-electron chi connectivity index (χ1n) is 10.5. The van der Waals surface area contributed by atoms with E-state index in [1.165, 1.54) is 4.31 Å². The van der Waals surface area contributed by atoms with Crippen LogP contribution in [0.3, 0.4) is 0 Å². The Labute approximate surface area is 181 Å². The topological polar surface area (TPSA) is 83.7 Å². The van der Waals surface area contributed by atoms with Crippen molar-refractivity contribution in [3.63, 3.8) is 0 Å². The summed E-state index contributed by atoms with van der Waals surface area (Å²) in [5, 5.41) is 0. The Bertz CT molecular complexity index is 903. The van der Waals surface area contributed by atoms with Crippen LogP contribution in [-0.4, -0.2) is 55.8 Å². The summed E-state index contributed by atoms with van der Waals surface area (Å²) in [5.74, 6) is 0.262. The molecule has 1 saturated heterocycles. The van der Waals surface area contributed by atoms with Gasteiger partial charge in [-0.15, -0.1) is 0 Å². The van der Waals surface area contributed by atoms with E-state index in [0.29, 0.717) is 18.9 Å². The molecule has 3 rings (SSSR count). The van der Waals surface area contributed by atoms with Gasteiger partial charge in [0.25, 0.3) is 0 Å². The third-order valence-corrected chi connectivity index (χ3v) is 8.34. The van der Waals surface area contributed by atoms with Crippen LogP contribution >= 0.6 is 0 Å². The van der Waals surface area contributed by atoms with Crippen LogP contribution in [-0.2, 0) is 21.0 Å². The third-order valence-electron chi connectivity index (χ3n) is 6.49. The SMILES string of the molecule is CC(C)C[C@H](N)C(=O)N(C)[C@@H]1CC[C@@H]2CN(S(=O)(=O)c3ccc(C(F)(F)F)cc3)C[C@@H]21. The molecular formula is C21H30F3N3O3S. The van der Waals surface area contributed by atoms with E-state index in [2.05, 4.69) is 0 Å². The lowest BCUT2D eigenvalue weighted by atomic mass is 9.96.